The Balaban J connectivity index is 1.38. The monoisotopic (exact) mass is 461 g/mol. The summed E-state index contributed by atoms with van der Waals surface area (Å²) in [6.45, 7) is 3.12. The molecule has 1 aliphatic carbocycles. The highest BCUT2D eigenvalue weighted by molar-refractivity contribution is 7.17. The molecule has 0 bridgehead atoms. The summed E-state index contributed by atoms with van der Waals surface area (Å²) in [5, 5.41) is 2.98. The molecule has 3 aromatic rings. The van der Waals surface area contributed by atoms with Crippen LogP contribution in [0.3, 0.4) is 0 Å². The van der Waals surface area contributed by atoms with Crippen LogP contribution in [-0.4, -0.2) is 62.0 Å². The van der Waals surface area contributed by atoms with E-state index in [2.05, 4.69) is 35.5 Å². The van der Waals surface area contributed by atoms with E-state index in [1.807, 2.05) is 17.0 Å². The summed E-state index contributed by atoms with van der Waals surface area (Å²) >= 11 is 1.52. The minimum atomic E-state index is -0.186. The molecule has 0 unspecified atom stereocenters. The standard InChI is InChI=1S/C26H27N3O3S/c1-28-11-13-29(14-12-28)26(31)19-9-10-22(32-2)21(15-19)27-25(30)23-16-18-8-7-17-5-3-4-6-20(17)24(18)33-23/h3-6,9-10,15-16H,7-8,11-14H2,1-2H3,(H,27,30). The van der Waals surface area contributed by atoms with E-state index in [1.54, 1.807) is 25.3 Å². The van der Waals surface area contributed by atoms with Crippen molar-refractivity contribution in [2.45, 2.75) is 12.8 Å². The van der Waals surface area contributed by atoms with Crippen molar-refractivity contribution in [3.05, 3.63) is 70.1 Å². The first-order valence-corrected chi connectivity index (χ1v) is 12.0. The van der Waals surface area contributed by atoms with E-state index >= 15 is 0 Å². The highest BCUT2D eigenvalue weighted by Gasteiger charge is 2.24. The van der Waals surface area contributed by atoms with Gasteiger partial charge in [0.2, 0.25) is 0 Å². The van der Waals surface area contributed by atoms with E-state index in [9.17, 15) is 9.59 Å². The molecule has 170 valence electrons. The molecule has 7 heteroatoms. The SMILES string of the molecule is COc1ccc(C(=O)N2CCN(C)CC2)cc1NC(=O)c1cc2c(s1)-c1ccccc1CC2. The Kier molecular flexibility index (Phi) is 5.91. The number of carbonyl (C=O) groups is 2. The van der Waals surface area contributed by atoms with Crippen molar-refractivity contribution in [2.24, 2.45) is 0 Å². The van der Waals surface area contributed by atoms with Crippen molar-refractivity contribution in [2.75, 3.05) is 45.7 Å². The maximum atomic E-state index is 13.2. The third-order valence-corrected chi connectivity index (χ3v) is 7.65. The van der Waals surface area contributed by atoms with Gasteiger partial charge in [-0.2, -0.15) is 0 Å². The van der Waals surface area contributed by atoms with E-state index in [4.69, 9.17) is 4.74 Å². The van der Waals surface area contributed by atoms with Gasteiger partial charge >= 0.3 is 0 Å². The molecule has 1 aliphatic heterocycles. The fourth-order valence-corrected chi connectivity index (χ4v) is 5.66. The molecule has 33 heavy (non-hydrogen) atoms. The van der Waals surface area contributed by atoms with Crippen LogP contribution in [0.2, 0.25) is 0 Å². The Morgan fingerprint density at radius 1 is 0.970 bits per heavy atom. The Hall–Kier alpha value is -3.16. The molecule has 2 aliphatic rings. The Morgan fingerprint density at radius 2 is 1.73 bits per heavy atom. The van der Waals surface area contributed by atoms with Crippen LogP contribution in [0, 0.1) is 0 Å². The zero-order chi connectivity index (χ0) is 22.9. The van der Waals surface area contributed by atoms with Crippen LogP contribution < -0.4 is 10.1 Å². The molecule has 1 N–H and O–H groups in total. The Morgan fingerprint density at radius 3 is 2.52 bits per heavy atom. The molecule has 1 fully saturated rings. The number of piperazine rings is 1. The lowest BCUT2D eigenvalue weighted by molar-refractivity contribution is 0.0664. The maximum Gasteiger partial charge on any atom is 0.265 e. The number of nitrogens with zero attached hydrogens (tertiary/aromatic N) is 2. The van der Waals surface area contributed by atoms with Gasteiger partial charge in [0.15, 0.2) is 0 Å². The van der Waals surface area contributed by atoms with E-state index in [-0.39, 0.29) is 11.8 Å². The van der Waals surface area contributed by atoms with Crippen LogP contribution in [0.25, 0.3) is 10.4 Å². The highest BCUT2D eigenvalue weighted by Crippen LogP contribution is 2.40. The highest BCUT2D eigenvalue weighted by atomic mass is 32.1. The number of anilines is 1. The lowest BCUT2D eigenvalue weighted by atomic mass is 9.91. The fourth-order valence-electron chi connectivity index (χ4n) is 4.50. The molecule has 1 aromatic heterocycles. The van der Waals surface area contributed by atoms with Crippen LogP contribution in [0.15, 0.2) is 48.5 Å². The number of fused-ring (bicyclic) bond motifs is 3. The molecule has 0 radical (unpaired) electrons. The quantitative estimate of drug-likeness (QED) is 0.634. The van der Waals surface area contributed by atoms with Crippen LogP contribution in [0.4, 0.5) is 5.69 Å². The van der Waals surface area contributed by atoms with Crippen molar-refractivity contribution in [3.63, 3.8) is 0 Å². The zero-order valence-electron chi connectivity index (χ0n) is 18.9. The number of nitrogens with one attached hydrogen (secondary N) is 1. The van der Waals surface area contributed by atoms with Crippen LogP contribution in [0.5, 0.6) is 5.75 Å². The van der Waals surface area contributed by atoms with Crippen molar-refractivity contribution in [1.82, 2.24) is 9.80 Å². The van der Waals surface area contributed by atoms with Crippen LogP contribution >= 0.6 is 11.3 Å². The van der Waals surface area contributed by atoms with Gasteiger partial charge < -0.3 is 19.9 Å². The van der Waals surface area contributed by atoms with Crippen LogP contribution in [0.1, 0.15) is 31.2 Å². The number of rotatable bonds is 4. The van der Waals surface area contributed by atoms with Gasteiger partial charge in [-0.25, -0.2) is 0 Å². The fraction of sp³-hybridized carbons (Fsp3) is 0.308. The molecular weight excluding hydrogens is 434 g/mol. The molecule has 0 saturated carbocycles. The largest absolute Gasteiger partial charge is 0.495 e. The van der Waals surface area contributed by atoms with Gasteiger partial charge in [-0.05, 0) is 60.8 Å². The molecule has 6 nitrogen and oxygen atoms in total. The maximum absolute atomic E-state index is 13.2. The molecule has 0 atom stereocenters. The van der Waals surface area contributed by atoms with Gasteiger partial charge in [0.25, 0.3) is 11.8 Å². The third kappa shape index (κ3) is 4.26. The first-order chi connectivity index (χ1) is 16.0. The Bertz CT molecular complexity index is 1210. The van der Waals surface area contributed by atoms with Gasteiger partial charge in [-0.15, -0.1) is 11.3 Å². The molecule has 0 spiro atoms. The normalized spacial score (nSPS) is 15.5. The number of methoxy groups -OCH3 is 1. The van der Waals surface area contributed by atoms with Crippen molar-refractivity contribution in [3.8, 4) is 16.2 Å². The first-order valence-electron chi connectivity index (χ1n) is 11.2. The van der Waals surface area contributed by atoms with E-state index in [0.29, 0.717) is 35.0 Å². The van der Waals surface area contributed by atoms with Gasteiger partial charge in [-0.1, -0.05) is 24.3 Å². The first kappa shape index (κ1) is 21.7. The molecule has 2 heterocycles. The summed E-state index contributed by atoms with van der Waals surface area (Å²) in [5.74, 6) is 0.323. The predicted molar refractivity (Wildman–Crippen MR) is 132 cm³/mol. The van der Waals surface area contributed by atoms with Gasteiger partial charge in [0.05, 0.1) is 17.7 Å². The van der Waals surface area contributed by atoms with Crippen LogP contribution in [-0.2, 0) is 12.8 Å². The van der Waals surface area contributed by atoms with Gasteiger partial charge in [-0.3, -0.25) is 9.59 Å². The van der Waals surface area contributed by atoms with Crippen molar-refractivity contribution < 1.29 is 14.3 Å². The summed E-state index contributed by atoms with van der Waals surface area (Å²) in [6.07, 6.45) is 1.93. The lowest BCUT2D eigenvalue weighted by Crippen LogP contribution is -2.47. The topological polar surface area (TPSA) is 61.9 Å². The summed E-state index contributed by atoms with van der Waals surface area (Å²) in [4.78, 5) is 32.1. The third-order valence-electron chi connectivity index (χ3n) is 6.44. The molecule has 2 amide bonds. The second-order valence-corrected chi connectivity index (χ2v) is 9.64. The summed E-state index contributed by atoms with van der Waals surface area (Å²) < 4.78 is 5.46. The van der Waals surface area contributed by atoms with Gasteiger partial charge in [0.1, 0.15) is 5.75 Å². The minimum Gasteiger partial charge on any atom is -0.495 e. The second kappa shape index (κ2) is 9.00. The number of likely N-dealkylation sites (N-methyl/N-ethyl adjacent to an activating group) is 1. The van der Waals surface area contributed by atoms with E-state index < -0.39 is 0 Å². The number of hydrogen-bond acceptors (Lipinski definition) is 5. The predicted octanol–water partition coefficient (Wildman–Crippen LogP) is 4.16. The molecule has 1 saturated heterocycles. The number of thiophene rings is 1. The van der Waals surface area contributed by atoms with Crippen molar-refractivity contribution >= 4 is 28.8 Å². The number of hydrogen-bond donors (Lipinski definition) is 1. The molecule has 5 rings (SSSR count). The second-order valence-electron chi connectivity index (χ2n) is 8.59. The number of amides is 2. The smallest absolute Gasteiger partial charge is 0.265 e. The summed E-state index contributed by atoms with van der Waals surface area (Å²) in [7, 11) is 3.62. The van der Waals surface area contributed by atoms with Gasteiger partial charge in [0, 0.05) is 36.6 Å². The Labute approximate surface area is 197 Å². The van der Waals surface area contributed by atoms with E-state index in [1.165, 1.54) is 32.9 Å². The molecular formula is C26H27N3O3S. The summed E-state index contributed by atoms with van der Waals surface area (Å²) in [6, 6.07) is 15.6. The summed E-state index contributed by atoms with van der Waals surface area (Å²) in [5.41, 5.74) is 4.83. The minimum absolute atomic E-state index is 0.0237. The number of benzene rings is 2. The number of carbonyl (C=O) groups excluding carboxylic acids is 2. The molecule has 2 aromatic carbocycles. The van der Waals surface area contributed by atoms with E-state index in [0.717, 1.165) is 25.9 Å². The number of ether oxygens (including phenoxy) is 1. The number of aryl methyl sites for hydroxylation is 2. The zero-order valence-corrected chi connectivity index (χ0v) is 19.7. The average Bonchev–Trinajstić information content (AvgIpc) is 3.29. The van der Waals surface area contributed by atoms with Crippen molar-refractivity contribution in [1.29, 1.82) is 0 Å². The average molecular weight is 462 g/mol. The lowest BCUT2D eigenvalue weighted by Gasteiger charge is -2.32.